The Hall–Kier alpha value is -1.99. The van der Waals surface area contributed by atoms with E-state index < -0.39 is 55.5 Å². The molecule has 0 fully saturated rings. The van der Waals surface area contributed by atoms with Crippen molar-refractivity contribution in [3.05, 3.63) is 18.9 Å². The topological polar surface area (TPSA) is 224 Å². The van der Waals surface area contributed by atoms with Crippen LogP contribution in [0.3, 0.4) is 0 Å². The maximum absolute atomic E-state index is 10.9. The molecule has 0 atom stereocenters. The summed E-state index contributed by atoms with van der Waals surface area (Å²) in [6.45, 7) is 5.81. The molecule has 12 nitrogen and oxygen atoms in total. The Morgan fingerprint density at radius 3 is 0.784 bits per heavy atom. The van der Waals surface area contributed by atoms with Gasteiger partial charge in [-0.2, -0.15) is 0 Å². The predicted molar refractivity (Wildman–Crippen MR) is 124 cm³/mol. The summed E-state index contributed by atoms with van der Waals surface area (Å²) in [5.41, 5.74) is 0. The summed E-state index contributed by atoms with van der Waals surface area (Å²) in [6, 6.07) is 0. The van der Waals surface area contributed by atoms with E-state index in [0.29, 0.717) is 19.3 Å². The molecule has 0 aliphatic heterocycles. The van der Waals surface area contributed by atoms with Crippen LogP contribution in [0.1, 0.15) is 97.8 Å². The quantitative estimate of drug-likeness (QED) is 0.0739. The maximum atomic E-state index is 10.9. The Labute approximate surface area is 230 Å². The Morgan fingerprint density at radius 2 is 0.649 bits per heavy atom. The van der Waals surface area contributed by atoms with E-state index in [-0.39, 0.29) is 36.8 Å². The smallest absolute Gasteiger partial charge is 0.511 e. The number of ketones is 6. The number of aliphatic hydroxyl groups excluding tert-OH is 3. The van der Waals surface area contributed by atoms with E-state index in [1.54, 1.807) is 0 Å². The van der Waals surface area contributed by atoms with E-state index >= 15 is 0 Å². The normalized spacial score (nSPS) is 9.32. The first-order chi connectivity index (χ1) is 16.7. The molecule has 0 aromatic carbocycles. The van der Waals surface area contributed by atoms with Gasteiger partial charge in [-0.25, -0.2) is 0 Å². The van der Waals surface area contributed by atoms with Crippen molar-refractivity contribution in [2.45, 2.75) is 97.8 Å². The molecular formula is C24H39O12Ru. The second kappa shape index (κ2) is 27.1. The van der Waals surface area contributed by atoms with Crippen molar-refractivity contribution in [3.8, 4) is 0 Å². The fourth-order valence-corrected chi connectivity index (χ4v) is 2.16. The fourth-order valence-electron chi connectivity index (χ4n) is 2.16. The van der Waals surface area contributed by atoms with Gasteiger partial charge >= 0.3 is 19.5 Å². The molecule has 0 heterocycles. The van der Waals surface area contributed by atoms with Gasteiger partial charge < -0.3 is 45.0 Å². The molecule has 0 saturated heterocycles. The Bertz CT molecular complexity index is 584. The molecule has 0 rings (SSSR count). The van der Waals surface area contributed by atoms with Gasteiger partial charge in [-0.15, -0.1) is 0 Å². The zero-order valence-corrected chi connectivity index (χ0v) is 23.2. The number of aliphatic hydroxyl groups is 6. The van der Waals surface area contributed by atoms with Gasteiger partial charge in [-0.3, -0.25) is 14.4 Å². The van der Waals surface area contributed by atoms with Crippen LogP contribution in [-0.2, 0) is 48.2 Å². The van der Waals surface area contributed by atoms with Crippen molar-refractivity contribution in [1.29, 1.82) is 0 Å². The molecule has 0 spiro atoms. The Morgan fingerprint density at radius 1 is 0.459 bits per heavy atom. The number of hydrogen-bond donors (Lipinski definition) is 6. The van der Waals surface area contributed by atoms with E-state index in [4.69, 9.17) is 30.6 Å². The third kappa shape index (κ3) is 30.1. The van der Waals surface area contributed by atoms with E-state index in [1.165, 1.54) is 0 Å². The second-order valence-corrected chi connectivity index (χ2v) is 7.70. The minimum atomic E-state index is -1.28. The number of hydrogen-bond acceptors (Lipinski definition) is 12. The summed E-state index contributed by atoms with van der Waals surface area (Å²) in [5, 5.41) is 49.6. The molecule has 0 aliphatic carbocycles. The van der Waals surface area contributed by atoms with Gasteiger partial charge in [0.15, 0.2) is 0 Å². The first kappa shape index (κ1) is 42.1. The molecule has 0 unspecified atom stereocenters. The molecule has 0 bridgehead atoms. The molecule has 0 aromatic rings. The fraction of sp³-hybridized carbons (Fsp3) is 0.625. The predicted octanol–water partition coefficient (Wildman–Crippen LogP) is 2.82. The third-order valence-corrected chi connectivity index (χ3v) is 4.25. The van der Waals surface area contributed by atoms with E-state index in [9.17, 15) is 28.8 Å². The molecule has 0 aromatic heterocycles. The summed E-state index contributed by atoms with van der Waals surface area (Å²) in [6.07, 6.45) is 0.806. The number of rotatable bonds is 18. The van der Waals surface area contributed by atoms with Crippen LogP contribution in [0.5, 0.6) is 0 Å². The molecule has 215 valence electrons. The van der Waals surface area contributed by atoms with E-state index in [0.717, 1.165) is 38.5 Å². The third-order valence-electron chi connectivity index (χ3n) is 4.25. The average molecular weight is 621 g/mol. The van der Waals surface area contributed by atoms with Crippen molar-refractivity contribution >= 4 is 34.7 Å². The summed E-state index contributed by atoms with van der Waals surface area (Å²) in [5.74, 6) is -3.46. The first-order valence-electron chi connectivity index (χ1n) is 11.6. The largest absolute Gasteiger partial charge is 3.00 e. The van der Waals surface area contributed by atoms with Gasteiger partial charge in [0, 0.05) is 38.5 Å². The van der Waals surface area contributed by atoms with Gasteiger partial charge in [-0.1, -0.05) is 58.9 Å². The van der Waals surface area contributed by atoms with Gasteiger partial charge in [0.25, 0.3) is 0 Å². The molecular weight excluding hydrogens is 581 g/mol. The molecule has 1 radical (unpaired) electrons. The van der Waals surface area contributed by atoms with Gasteiger partial charge in [0.1, 0.15) is 17.3 Å². The van der Waals surface area contributed by atoms with Crippen LogP contribution >= 0.6 is 0 Å². The number of carbonyl (C=O) groups excluding carboxylic acids is 6. The van der Waals surface area contributed by atoms with Crippen molar-refractivity contribution in [3.63, 3.8) is 0 Å². The van der Waals surface area contributed by atoms with E-state index in [2.05, 4.69) is 0 Å². The van der Waals surface area contributed by atoms with Gasteiger partial charge in [0.05, 0.1) is 17.3 Å². The van der Waals surface area contributed by atoms with Crippen LogP contribution in [0.4, 0.5) is 0 Å². The summed E-state index contributed by atoms with van der Waals surface area (Å²) in [4.78, 5) is 64.3. The van der Waals surface area contributed by atoms with Crippen LogP contribution in [0.2, 0.25) is 0 Å². The first-order valence-corrected chi connectivity index (χ1v) is 11.6. The summed E-state index contributed by atoms with van der Waals surface area (Å²) < 4.78 is 0. The standard InChI is InChI=1S/3C8H13O4.Ru/c3*1-2-3-4-6(9)5-7(10)8(11)12;/h3*11-12H,2-5H2,1H3;/q3*-1;+3. The molecule has 0 saturated carbocycles. The van der Waals surface area contributed by atoms with Crippen molar-refractivity contribution < 1.29 is 78.9 Å². The van der Waals surface area contributed by atoms with Crippen LogP contribution < -0.4 is 0 Å². The average Bonchev–Trinajstić information content (AvgIpc) is 2.80. The van der Waals surface area contributed by atoms with Crippen molar-refractivity contribution in [2.75, 3.05) is 0 Å². The molecule has 6 N–H and O–H groups in total. The van der Waals surface area contributed by atoms with Gasteiger partial charge in [-0.05, 0) is 19.3 Å². The minimum Gasteiger partial charge on any atom is -0.511 e. The zero-order chi connectivity index (χ0) is 28.7. The van der Waals surface area contributed by atoms with Crippen molar-refractivity contribution in [1.82, 2.24) is 0 Å². The number of Topliss-reactive ketones (excluding diaryl/α,β-unsaturated/α-hetero) is 6. The Balaban J connectivity index is -0.000000218. The number of unbranched alkanes of at least 4 members (excludes halogenated alkanes) is 3. The second-order valence-electron chi connectivity index (χ2n) is 7.70. The zero-order valence-electron chi connectivity index (χ0n) is 21.5. The molecule has 37 heavy (non-hydrogen) atoms. The minimum absolute atomic E-state index is 0. The van der Waals surface area contributed by atoms with Crippen molar-refractivity contribution in [2.24, 2.45) is 0 Å². The molecule has 13 heteroatoms. The monoisotopic (exact) mass is 621 g/mol. The summed E-state index contributed by atoms with van der Waals surface area (Å²) in [7, 11) is 0. The maximum Gasteiger partial charge on any atom is 3.00 e. The SMILES string of the molecule is CCCCC(=O)CC(=O)[C-](O)O.CCCCC(=O)CC(=O)[C-](O)O.CCCCC(=O)CC(=O)[C-](O)O.[Ru+3]. The van der Waals surface area contributed by atoms with Crippen LogP contribution in [0, 0.1) is 18.9 Å². The van der Waals surface area contributed by atoms with Gasteiger partial charge in [0.2, 0.25) is 0 Å². The van der Waals surface area contributed by atoms with Crippen LogP contribution in [0.15, 0.2) is 0 Å². The molecule has 0 aliphatic rings. The van der Waals surface area contributed by atoms with Crippen LogP contribution in [-0.4, -0.2) is 65.3 Å². The Kier molecular flexibility index (Phi) is 30.8. The number of carbonyl (C=O) groups is 6. The molecule has 0 amide bonds. The van der Waals surface area contributed by atoms with Crippen LogP contribution in [0.25, 0.3) is 0 Å². The summed E-state index contributed by atoms with van der Waals surface area (Å²) >= 11 is 0. The van der Waals surface area contributed by atoms with E-state index in [1.807, 2.05) is 20.8 Å².